The fraction of sp³-hybridized carbons (Fsp3) is 0.130. The van der Waals surface area contributed by atoms with Crippen LogP contribution < -0.4 is 20.9 Å². The quantitative estimate of drug-likeness (QED) is 0.500. The van der Waals surface area contributed by atoms with Crippen molar-refractivity contribution in [2.24, 2.45) is 5.73 Å². The number of aromatic nitrogens is 2. The minimum Gasteiger partial charge on any atom is -0.477 e. The van der Waals surface area contributed by atoms with E-state index in [2.05, 4.69) is 4.98 Å². The number of ether oxygens (including phenoxy) is 1. The van der Waals surface area contributed by atoms with Crippen LogP contribution in [0.25, 0.3) is 21.3 Å². The molecule has 1 aliphatic rings. The Balaban J connectivity index is 1.51. The monoisotopic (exact) mass is 464 g/mol. The average Bonchev–Trinajstić information content (AvgIpc) is 3.25. The molecular formula is C23H17FN4O4S. The maximum absolute atomic E-state index is 13.3. The fourth-order valence-electron chi connectivity index (χ4n) is 3.77. The zero-order chi connectivity index (χ0) is 23.1. The molecule has 0 saturated heterocycles. The Bertz CT molecular complexity index is 1450. The number of anilines is 1. The topological polar surface area (TPSA) is 108 Å². The number of halogens is 1. The lowest BCUT2D eigenvalue weighted by Gasteiger charge is -2.33. The van der Waals surface area contributed by atoms with Gasteiger partial charge in [0.25, 0.3) is 11.5 Å². The van der Waals surface area contributed by atoms with Crippen LogP contribution in [-0.2, 0) is 16.1 Å². The molecule has 2 aromatic carbocycles. The van der Waals surface area contributed by atoms with E-state index in [4.69, 9.17) is 10.5 Å². The highest BCUT2D eigenvalue weighted by Gasteiger charge is 2.32. The summed E-state index contributed by atoms with van der Waals surface area (Å²) >= 11 is 1.30. The molecule has 0 spiro atoms. The molecule has 2 amide bonds. The molecule has 33 heavy (non-hydrogen) atoms. The summed E-state index contributed by atoms with van der Waals surface area (Å²) in [5, 5.41) is 2.15. The highest BCUT2D eigenvalue weighted by molar-refractivity contribution is 7.17. The van der Waals surface area contributed by atoms with Crippen LogP contribution in [0.3, 0.4) is 0 Å². The van der Waals surface area contributed by atoms with Crippen molar-refractivity contribution in [2.45, 2.75) is 12.6 Å². The summed E-state index contributed by atoms with van der Waals surface area (Å²) in [6.45, 7) is -0.352. The fourth-order valence-corrected chi connectivity index (χ4v) is 4.68. The number of primary amides is 1. The molecule has 2 N–H and O–H groups in total. The number of hydrogen-bond acceptors (Lipinski definition) is 6. The van der Waals surface area contributed by atoms with E-state index in [1.807, 2.05) is 0 Å². The lowest BCUT2D eigenvalue weighted by molar-refractivity contribution is -0.125. The van der Waals surface area contributed by atoms with Gasteiger partial charge in [-0.05, 0) is 29.8 Å². The number of carbonyl (C=O) groups is 2. The number of nitrogens with two attached hydrogens (primary N) is 1. The van der Waals surface area contributed by atoms with E-state index >= 15 is 0 Å². The largest absolute Gasteiger partial charge is 0.477 e. The van der Waals surface area contributed by atoms with E-state index in [0.717, 1.165) is 0 Å². The molecule has 8 nitrogen and oxygen atoms in total. The van der Waals surface area contributed by atoms with Crippen molar-refractivity contribution in [3.8, 4) is 16.9 Å². The molecule has 4 aromatic rings. The zero-order valence-corrected chi connectivity index (χ0v) is 17.9. The molecule has 0 fully saturated rings. The van der Waals surface area contributed by atoms with Crippen LogP contribution in [0.5, 0.6) is 5.75 Å². The SMILES string of the molecule is NC(=O)C1CN(C(=O)Cn2cnc3scc(-c4ccc(F)cc4)c3c2=O)c2ccccc2O1. The lowest BCUT2D eigenvalue weighted by Crippen LogP contribution is -2.50. The molecule has 1 aliphatic heterocycles. The van der Waals surface area contributed by atoms with Crippen molar-refractivity contribution in [3.05, 3.63) is 76.4 Å². The first-order chi connectivity index (χ1) is 15.9. The number of hydrogen-bond donors (Lipinski definition) is 1. The van der Waals surface area contributed by atoms with Crippen molar-refractivity contribution < 1.29 is 18.7 Å². The van der Waals surface area contributed by atoms with Crippen molar-refractivity contribution >= 4 is 39.1 Å². The van der Waals surface area contributed by atoms with Gasteiger partial charge in [-0.15, -0.1) is 11.3 Å². The Morgan fingerprint density at radius 2 is 1.94 bits per heavy atom. The molecular weight excluding hydrogens is 447 g/mol. The molecule has 1 atom stereocenters. The summed E-state index contributed by atoms with van der Waals surface area (Å²) in [6.07, 6.45) is 0.328. The number of thiophene rings is 1. The Morgan fingerprint density at radius 1 is 1.18 bits per heavy atom. The van der Waals surface area contributed by atoms with E-state index in [1.54, 1.807) is 41.8 Å². The van der Waals surface area contributed by atoms with E-state index in [-0.39, 0.29) is 24.5 Å². The van der Waals surface area contributed by atoms with Gasteiger partial charge in [0.15, 0.2) is 6.10 Å². The number of rotatable bonds is 4. The summed E-state index contributed by atoms with van der Waals surface area (Å²) < 4.78 is 20.2. The zero-order valence-electron chi connectivity index (χ0n) is 17.1. The summed E-state index contributed by atoms with van der Waals surface area (Å²) in [7, 11) is 0. The van der Waals surface area contributed by atoms with Gasteiger partial charge in [0.2, 0.25) is 5.91 Å². The van der Waals surface area contributed by atoms with Crippen molar-refractivity contribution in [3.63, 3.8) is 0 Å². The second-order valence-electron chi connectivity index (χ2n) is 7.49. The van der Waals surface area contributed by atoms with Gasteiger partial charge in [-0.1, -0.05) is 24.3 Å². The first-order valence-corrected chi connectivity index (χ1v) is 10.9. The second kappa shape index (κ2) is 8.14. The summed E-state index contributed by atoms with van der Waals surface area (Å²) in [5.41, 5.74) is 6.81. The Labute approximate surface area is 190 Å². The van der Waals surface area contributed by atoms with E-state index in [0.29, 0.717) is 32.8 Å². The standard InChI is InChI=1S/C23H17FN4O4S/c24-14-7-5-13(6-8-14)15-11-33-22-20(15)23(31)27(12-26-22)10-19(29)28-9-18(21(25)30)32-17-4-2-1-3-16(17)28/h1-8,11-12,18H,9-10H2,(H2,25,30). The van der Waals surface area contributed by atoms with Crippen LogP contribution in [0.15, 0.2) is 65.0 Å². The second-order valence-corrected chi connectivity index (χ2v) is 8.35. The van der Waals surface area contributed by atoms with Crippen LogP contribution in [-0.4, -0.2) is 34.0 Å². The maximum atomic E-state index is 13.3. The predicted octanol–water partition coefficient (Wildman–Crippen LogP) is 2.54. The highest BCUT2D eigenvalue weighted by Crippen LogP contribution is 2.33. The molecule has 10 heteroatoms. The van der Waals surface area contributed by atoms with Crippen LogP contribution in [0.1, 0.15) is 0 Å². The molecule has 1 unspecified atom stereocenters. The predicted molar refractivity (Wildman–Crippen MR) is 122 cm³/mol. The molecule has 3 heterocycles. The summed E-state index contributed by atoms with van der Waals surface area (Å²) in [6, 6.07) is 12.6. The minimum atomic E-state index is -0.997. The van der Waals surface area contributed by atoms with Gasteiger partial charge < -0.3 is 15.4 Å². The van der Waals surface area contributed by atoms with Crippen molar-refractivity contribution in [1.82, 2.24) is 9.55 Å². The number of carbonyl (C=O) groups excluding carboxylic acids is 2. The smallest absolute Gasteiger partial charge is 0.263 e. The Kier molecular flexibility index (Phi) is 5.14. The summed E-state index contributed by atoms with van der Waals surface area (Å²) in [5.74, 6) is -1.12. The van der Waals surface area contributed by atoms with Crippen LogP contribution in [0.2, 0.25) is 0 Å². The maximum Gasteiger partial charge on any atom is 0.263 e. The number of fused-ring (bicyclic) bond motifs is 2. The first kappa shape index (κ1) is 20.8. The molecule has 0 bridgehead atoms. The minimum absolute atomic E-state index is 0.0606. The van der Waals surface area contributed by atoms with E-state index in [9.17, 15) is 18.8 Å². The summed E-state index contributed by atoms with van der Waals surface area (Å²) in [4.78, 5) is 44.4. The molecule has 2 aromatic heterocycles. The molecule has 166 valence electrons. The third-order valence-electron chi connectivity index (χ3n) is 5.41. The molecule has 0 radical (unpaired) electrons. The number of benzene rings is 2. The Morgan fingerprint density at radius 3 is 2.70 bits per heavy atom. The van der Waals surface area contributed by atoms with Gasteiger partial charge in [0.1, 0.15) is 22.9 Å². The molecule has 0 aliphatic carbocycles. The number of nitrogens with zero attached hydrogens (tertiary/aromatic N) is 3. The highest BCUT2D eigenvalue weighted by atomic mass is 32.1. The molecule has 0 saturated carbocycles. The number of para-hydroxylation sites is 2. The van der Waals surface area contributed by atoms with Gasteiger partial charge in [-0.2, -0.15) is 0 Å². The van der Waals surface area contributed by atoms with Gasteiger partial charge in [-0.3, -0.25) is 19.0 Å². The third kappa shape index (κ3) is 3.74. The van der Waals surface area contributed by atoms with Crippen LogP contribution >= 0.6 is 11.3 Å². The number of amides is 2. The average molecular weight is 464 g/mol. The lowest BCUT2D eigenvalue weighted by atomic mass is 10.1. The first-order valence-electron chi connectivity index (χ1n) is 10.0. The van der Waals surface area contributed by atoms with Gasteiger partial charge in [-0.25, -0.2) is 9.37 Å². The van der Waals surface area contributed by atoms with Crippen LogP contribution in [0, 0.1) is 5.82 Å². The molecule has 5 rings (SSSR count). The van der Waals surface area contributed by atoms with E-state index in [1.165, 1.54) is 39.3 Å². The van der Waals surface area contributed by atoms with E-state index < -0.39 is 17.9 Å². The Hall–Kier alpha value is -4.05. The van der Waals surface area contributed by atoms with Crippen LogP contribution in [0.4, 0.5) is 10.1 Å². The normalized spacial score (nSPS) is 15.2. The van der Waals surface area contributed by atoms with Crippen molar-refractivity contribution in [1.29, 1.82) is 0 Å². The van der Waals surface area contributed by atoms with Crippen molar-refractivity contribution in [2.75, 3.05) is 11.4 Å². The third-order valence-corrected chi connectivity index (χ3v) is 6.30. The van der Waals surface area contributed by atoms with Gasteiger partial charge in [0.05, 0.1) is 23.9 Å². The van der Waals surface area contributed by atoms with Gasteiger partial charge in [0, 0.05) is 10.9 Å². The van der Waals surface area contributed by atoms with Gasteiger partial charge >= 0.3 is 0 Å².